The number of carbonyl (C=O) groups is 2. The maximum atomic E-state index is 12.6. The summed E-state index contributed by atoms with van der Waals surface area (Å²) in [6.07, 6.45) is 1.64. The van der Waals surface area contributed by atoms with Crippen LogP contribution in [0.25, 0.3) is 0 Å². The first-order valence-corrected chi connectivity index (χ1v) is 8.85. The van der Waals surface area contributed by atoms with Gasteiger partial charge in [-0.2, -0.15) is 0 Å². The number of hydrogen-bond acceptors (Lipinski definition) is 2. The molecule has 2 amide bonds. The van der Waals surface area contributed by atoms with Crippen molar-refractivity contribution < 1.29 is 9.59 Å². The maximum Gasteiger partial charge on any atom is 0.251 e. The first-order chi connectivity index (χ1) is 11.2. The Kier molecular flexibility index (Phi) is 5.68. The highest BCUT2D eigenvalue weighted by Crippen LogP contribution is 2.28. The third-order valence-electron chi connectivity index (χ3n) is 5.20. The quantitative estimate of drug-likeness (QED) is 0.923. The molecule has 1 unspecified atom stereocenters. The van der Waals surface area contributed by atoms with Crippen LogP contribution >= 0.6 is 0 Å². The molecule has 1 fully saturated rings. The average Bonchev–Trinajstić information content (AvgIpc) is 2.53. The summed E-state index contributed by atoms with van der Waals surface area (Å²) in [5.41, 5.74) is 1.70. The number of amides is 2. The molecule has 1 atom stereocenters. The monoisotopic (exact) mass is 330 g/mol. The van der Waals surface area contributed by atoms with E-state index in [1.54, 1.807) is 0 Å². The first kappa shape index (κ1) is 18.5. The fraction of sp³-hybridized carbons (Fsp3) is 0.600. The van der Waals surface area contributed by atoms with E-state index in [-0.39, 0.29) is 29.2 Å². The minimum absolute atomic E-state index is 0.00982. The van der Waals surface area contributed by atoms with Gasteiger partial charge in [0.1, 0.15) is 0 Å². The van der Waals surface area contributed by atoms with Crippen LogP contribution in [0.3, 0.4) is 0 Å². The molecule has 1 aromatic rings. The van der Waals surface area contributed by atoms with Crippen molar-refractivity contribution in [3.05, 3.63) is 35.4 Å². The normalized spacial score (nSPS) is 17.5. The number of piperidine rings is 1. The molecule has 1 heterocycles. The molecular weight excluding hydrogens is 300 g/mol. The summed E-state index contributed by atoms with van der Waals surface area (Å²) in [6, 6.07) is 7.77. The Morgan fingerprint density at radius 2 is 1.75 bits per heavy atom. The Bertz CT molecular complexity index is 596. The number of hydrogen-bond donors (Lipinski definition) is 1. The summed E-state index contributed by atoms with van der Waals surface area (Å²) in [5, 5.41) is 3.12. The zero-order valence-corrected chi connectivity index (χ0v) is 15.6. The minimum atomic E-state index is -0.0208. The van der Waals surface area contributed by atoms with Gasteiger partial charge in [-0.15, -0.1) is 0 Å². The fourth-order valence-corrected chi connectivity index (χ4v) is 2.98. The van der Waals surface area contributed by atoms with Crippen molar-refractivity contribution in [2.75, 3.05) is 13.1 Å². The molecule has 1 aliphatic heterocycles. The second-order valence-corrected chi connectivity index (χ2v) is 7.98. The minimum Gasteiger partial charge on any atom is -0.349 e. The second-order valence-electron chi connectivity index (χ2n) is 7.98. The summed E-state index contributed by atoms with van der Waals surface area (Å²) in [6.45, 7) is 11.7. The van der Waals surface area contributed by atoms with Crippen molar-refractivity contribution >= 4 is 11.8 Å². The second kappa shape index (κ2) is 7.37. The van der Waals surface area contributed by atoms with E-state index in [1.165, 1.54) is 0 Å². The van der Waals surface area contributed by atoms with E-state index in [0.29, 0.717) is 0 Å². The lowest BCUT2D eigenvalue weighted by Crippen LogP contribution is -2.49. The van der Waals surface area contributed by atoms with Gasteiger partial charge in [-0.05, 0) is 36.8 Å². The van der Waals surface area contributed by atoms with Gasteiger partial charge >= 0.3 is 0 Å². The van der Waals surface area contributed by atoms with Crippen LogP contribution in [0.15, 0.2) is 24.3 Å². The molecular formula is C20H30N2O2. The van der Waals surface area contributed by atoms with E-state index in [1.807, 2.05) is 43.0 Å². The van der Waals surface area contributed by atoms with Crippen LogP contribution in [-0.2, 0) is 4.79 Å². The topological polar surface area (TPSA) is 49.4 Å². The summed E-state index contributed by atoms with van der Waals surface area (Å²) >= 11 is 0. The number of aryl methyl sites for hydroxylation is 1. The van der Waals surface area contributed by atoms with E-state index in [4.69, 9.17) is 0 Å². The average molecular weight is 330 g/mol. The van der Waals surface area contributed by atoms with Crippen molar-refractivity contribution in [2.45, 2.75) is 53.5 Å². The Balaban J connectivity index is 1.88. The van der Waals surface area contributed by atoms with E-state index >= 15 is 0 Å². The van der Waals surface area contributed by atoms with Crippen LogP contribution in [0.4, 0.5) is 0 Å². The fourth-order valence-electron chi connectivity index (χ4n) is 2.98. The first-order valence-electron chi connectivity index (χ1n) is 8.85. The Morgan fingerprint density at radius 3 is 2.29 bits per heavy atom. The number of nitrogens with one attached hydrogen (secondary N) is 1. The molecule has 2 rings (SSSR count). The van der Waals surface area contributed by atoms with Crippen molar-refractivity contribution in [3.63, 3.8) is 0 Å². The highest BCUT2D eigenvalue weighted by molar-refractivity contribution is 5.95. The van der Waals surface area contributed by atoms with E-state index in [2.05, 4.69) is 26.1 Å². The molecule has 0 bridgehead atoms. The summed E-state index contributed by atoms with van der Waals surface area (Å²) in [5.74, 6) is 0.225. The number of nitrogens with zero attached hydrogens (tertiary/aromatic N) is 1. The van der Waals surface area contributed by atoms with Gasteiger partial charge in [0.2, 0.25) is 5.91 Å². The van der Waals surface area contributed by atoms with Crippen molar-refractivity contribution in [2.24, 2.45) is 11.3 Å². The van der Waals surface area contributed by atoms with Crippen molar-refractivity contribution in [1.82, 2.24) is 10.2 Å². The lowest BCUT2D eigenvalue weighted by Gasteiger charge is -2.37. The van der Waals surface area contributed by atoms with Crippen molar-refractivity contribution in [1.29, 1.82) is 0 Å². The van der Waals surface area contributed by atoms with Gasteiger partial charge in [-0.1, -0.05) is 45.9 Å². The number of likely N-dealkylation sites (tertiary alicyclic amines) is 1. The molecule has 0 saturated carbocycles. The predicted octanol–water partition coefficient (Wildman–Crippen LogP) is 3.40. The number of carbonyl (C=O) groups excluding carboxylic acids is 2. The van der Waals surface area contributed by atoms with E-state index in [0.717, 1.165) is 37.1 Å². The van der Waals surface area contributed by atoms with Gasteiger partial charge < -0.3 is 10.2 Å². The van der Waals surface area contributed by atoms with Crippen LogP contribution in [0, 0.1) is 18.3 Å². The zero-order valence-electron chi connectivity index (χ0n) is 15.6. The highest BCUT2D eigenvalue weighted by Gasteiger charge is 2.32. The van der Waals surface area contributed by atoms with Crippen LogP contribution < -0.4 is 5.32 Å². The van der Waals surface area contributed by atoms with Gasteiger partial charge in [0.15, 0.2) is 0 Å². The molecule has 0 aromatic heterocycles. The third kappa shape index (κ3) is 4.37. The van der Waals surface area contributed by atoms with Gasteiger partial charge in [0.05, 0.1) is 0 Å². The Morgan fingerprint density at radius 1 is 1.17 bits per heavy atom. The molecule has 4 heteroatoms. The van der Waals surface area contributed by atoms with E-state index < -0.39 is 0 Å². The van der Waals surface area contributed by atoms with Crippen LogP contribution in [0.2, 0.25) is 0 Å². The number of rotatable bonds is 3. The molecule has 24 heavy (non-hydrogen) atoms. The molecule has 0 aliphatic carbocycles. The van der Waals surface area contributed by atoms with E-state index in [9.17, 15) is 9.59 Å². The lowest BCUT2D eigenvalue weighted by atomic mass is 9.81. The zero-order chi connectivity index (χ0) is 17.9. The summed E-state index contributed by atoms with van der Waals surface area (Å²) < 4.78 is 0. The molecule has 1 aliphatic rings. The predicted molar refractivity (Wildman–Crippen MR) is 96.9 cm³/mol. The largest absolute Gasteiger partial charge is 0.349 e. The molecule has 1 N–H and O–H groups in total. The molecule has 0 radical (unpaired) electrons. The lowest BCUT2D eigenvalue weighted by molar-refractivity contribution is -0.139. The van der Waals surface area contributed by atoms with Gasteiger partial charge in [-0.3, -0.25) is 9.59 Å². The molecule has 1 saturated heterocycles. The van der Waals surface area contributed by atoms with Crippen LogP contribution in [0.1, 0.15) is 56.5 Å². The van der Waals surface area contributed by atoms with Crippen LogP contribution in [-0.4, -0.2) is 35.8 Å². The third-order valence-corrected chi connectivity index (χ3v) is 5.20. The number of benzene rings is 1. The summed E-state index contributed by atoms with van der Waals surface area (Å²) in [4.78, 5) is 26.9. The highest BCUT2D eigenvalue weighted by atomic mass is 16.2. The maximum absolute atomic E-state index is 12.6. The Labute approximate surface area is 145 Å². The van der Waals surface area contributed by atoms with Gasteiger partial charge in [-0.25, -0.2) is 0 Å². The standard InChI is InChI=1S/C20H30N2O2/c1-14-8-6-7-9-17(14)18(23)21-16-10-12-22(13-11-16)19(24)15(2)20(3,4)5/h6-9,15-16H,10-13H2,1-5H3,(H,21,23). The SMILES string of the molecule is Cc1ccccc1C(=O)NC1CCN(C(=O)C(C)C(C)(C)C)CC1. The van der Waals surface area contributed by atoms with Crippen LogP contribution in [0.5, 0.6) is 0 Å². The Hall–Kier alpha value is -1.84. The molecule has 0 spiro atoms. The van der Waals surface area contributed by atoms with Gasteiger partial charge in [0.25, 0.3) is 5.91 Å². The van der Waals surface area contributed by atoms with Gasteiger partial charge in [0, 0.05) is 30.6 Å². The smallest absolute Gasteiger partial charge is 0.251 e. The van der Waals surface area contributed by atoms with Crippen molar-refractivity contribution in [3.8, 4) is 0 Å². The summed E-state index contributed by atoms with van der Waals surface area (Å²) in [7, 11) is 0. The molecule has 4 nitrogen and oxygen atoms in total. The molecule has 1 aromatic carbocycles. The molecule has 132 valence electrons.